The maximum atomic E-state index is 14.5. The maximum Gasteiger partial charge on any atom is 0.323 e. The second-order valence-electron chi connectivity index (χ2n) is 18.2. The smallest absolute Gasteiger partial charge is 0.323 e. The second kappa shape index (κ2) is 21.9. The number of rotatable bonds is 22. The highest BCUT2D eigenvalue weighted by atomic mass is 16.5. The molecule has 0 saturated heterocycles. The number of hydrogen-bond donors (Lipinski definition) is 4. The minimum absolute atomic E-state index is 0.0182. The molecule has 9 nitrogen and oxygen atoms in total. The van der Waals surface area contributed by atoms with E-state index in [2.05, 4.69) is 116 Å². The van der Waals surface area contributed by atoms with E-state index in [1.165, 1.54) is 29.7 Å². The van der Waals surface area contributed by atoms with E-state index in [4.69, 9.17) is 14.7 Å². The zero-order chi connectivity index (χ0) is 44.8. The standard InChI is InChI=1S/C52H70N4O5/c1-11-15-17-18-20-46(61-45-30-25-38(50(5,6)13-3)32-41(45)51(7,8)14-4)48(58)55-43-33-44(57)42(56-49(59)54-39-26-21-36(35-53)22-27-39)34-47(43)60-40-28-23-37(24-29-40)52(9,10)31-19-16-12-2/h21-30,32-34,46,57H,11-20,31H2,1-10H3,(H,55,58)(H2,54,56,59). The first-order valence-corrected chi connectivity index (χ1v) is 22.3. The molecule has 0 heterocycles. The van der Waals surface area contributed by atoms with Crippen LogP contribution >= 0.6 is 0 Å². The van der Waals surface area contributed by atoms with E-state index in [1.54, 1.807) is 24.3 Å². The molecule has 4 rings (SSSR count). The number of amides is 3. The zero-order valence-electron chi connectivity index (χ0n) is 38.4. The Morgan fingerprint density at radius 3 is 1.93 bits per heavy atom. The van der Waals surface area contributed by atoms with Crippen LogP contribution in [0.1, 0.15) is 162 Å². The lowest BCUT2D eigenvalue weighted by Gasteiger charge is -2.31. The van der Waals surface area contributed by atoms with Crippen molar-refractivity contribution < 1.29 is 24.2 Å². The van der Waals surface area contributed by atoms with Crippen molar-refractivity contribution in [2.45, 2.75) is 162 Å². The van der Waals surface area contributed by atoms with Gasteiger partial charge in [0.2, 0.25) is 0 Å². The molecule has 0 fully saturated rings. The van der Waals surface area contributed by atoms with E-state index >= 15 is 0 Å². The van der Waals surface area contributed by atoms with Gasteiger partial charge in [-0.3, -0.25) is 4.79 Å². The van der Waals surface area contributed by atoms with E-state index in [-0.39, 0.29) is 45.0 Å². The highest BCUT2D eigenvalue weighted by Crippen LogP contribution is 2.41. The number of nitrogens with zero attached hydrogens (tertiary/aromatic N) is 1. The molecule has 0 aliphatic rings. The van der Waals surface area contributed by atoms with E-state index in [0.717, 1.165) is 63.4 Å². The molecule has 0 bridgehead atoms. The van der Waals surface area contributed by atoms with Crippen LogP contribution in [-0.2, 0) is 21.0 Å². The number of urea groups is 1. The predicted molar refractivity (Wildman–Crippen MR) is 250 cm³/mol. The predicted octanol–water partition coefficient (Wildman–Crippen LogP) is 14.3. The molecule has 0 saturated carbocycles. The Labute approximate surface area is 365 Å². The molecule has 0 aromatic heterocycles. The molecule has 4 aromatic rings. The summed E-state index contributed by atoms with van der Waals surface area (Å²) in [6.45, 7) is 22.1. The van der Waals surface area contributed by atoms with Gasteiger partial charge >= 0.3 is 6.03 Å². The largest absolute Gasteiger partial charge is 0.506 e. The third-order valence-electron chi connectivity index (χ3n) is 12.3. The Bertz CT molecular complexity index is 2100. The summed E-state index contributed by atoms with van der Waals surface area (Å²) in [5.41, 5.74) is 4.46. The van der Waals surface area contributed by atoms with Crippen LogP contribution in [0.15, 0.2) is 78.9 Å². The number of unbranched alkanes of at least 4 members (excludes halogenated alkanes) is 5. The summed E-state index contributed by atoms with van der Waals surface area (Å²) in [5.74, 6) is 0.781. The average molecular weight is 831 g/mol. The maximum absolute atomic E-state index is 14.5. The fourth-order valence-electron chi connectivity index (χ4n) is 7.17. The number of benzene rings is 4. The Hall–Kier alpha value is -5.49. The number of phenolic OH excluding ortho intramolecular Hbond substituents is 1. The molecule has 0 spiro atoms. The number of aromatic hydroxyl groups is 1. The number of nitriles is 1. The molecule has 0 aliphatic carbocycles. The first kappa shape index (κ1) is 48.2. The lowest BCUT2D eigenvalue weighted by molar-refractivity contribution is -0.123. The fourth-order valence-corrected chi connectivity index (χ4v) is 7.17. The SMILES string of the molecule is CCCCCCC(Oc1ccc(C(C)(C)CC)cc1C(C)(C)CC)C(=O)Nc1cc(O)c(NC(=O)Nc2ccc(C#N)cc2)cc1Oc1ccc(C(C)(C)CCCCC)cc1. The van der Waals surface area contributed by atoms with Gasteiger partial charge in [-0.25, -0.2) is 4.79 Å². The monoisotopic (exact) mass is 831 g/mol. The molecule has 328 valence electrons. The first-order chi connectivity index (χ1) is 29.0. The number of ether oxygens (including phenoxy) is 2. The van der Waals surface area contributed by atoms with Gasteiger partial charge in [-0.15, -0.1) is 0 Å². The number of carbonyl (C=O) groups is 2. The van der Waals surface area contributed by atoms with Crippen LogP contribution in [0.25, 0.3) is 0 Å². The highest BCUT2D eigenvalue weighted by molar-refractivity contribution is 6.02. The van der Waals surface area contributed by atoms with Crippen LogP contribution in [0.4, 0.5) is 21.9 Å². The van der Waals surface area contributed by atoms with Crippen LogP contribution in [0, 0.1) is 11.3 Å². The number of hydrogen-bond acceptors (Lipinski definition) is 6. The van der Waals surface area contributed by atoms with Gasteiger partial charge in [-0.1, -0.05) is 132 Å². The van der Waals surface area contributed by atoms with E-state index in [9.17, 15) is 14.7 Å². The van der Waals surface area contributed by atoms with Crippen molar-refractivity contribution in [2.24, 2.45) is 0 Å². The summed E-state index contributed by atoms with van der Waals surface area (Å²) in [6, 6.07) is 25.1. The molecule has 4 aromatic carbocycles. The third-order valence-corrected chi connectivity index (χ3v) is 12.3. The van der Waals surface area contributed by atoms with Crippen molar-refractivity contribution in [2.75, 3.05) is 16.0 Å². The number of anilines is 3. The van der Waals surface area contributed by atoms with Gasteiger partial charge in [0.1, 0.15) is 17.2 Å². The Morgan fingerprint density at radius 1 is 0.672 bits per heavy atom. The summed E-state index contributed by atoms with van der Waals surface area (Å²) in [4.78, 5) is 27.6. The Morgan fingerprint density at radius 2 is 1.31 bits per heavy atom. The number of phenols is 1. The van der Waals surface area contributed by atoms with Gasteiger partial charge < -0.3 is 30.5 Å². The van der Waals surface area contributed by atoms with E-state index in [0.29, 0.717) is 29.2 Å². The van der Waals surface area contributed by atoms with Gasteiger partial charge in [0.05, 0.1) is 23.0 Å². The molecular formula is C52H70N4O5. The topological polar surface area (TPSA) is 133 Å². The molecule has 61 heavy (non-hydrogen) atoms. The zero-order valence-corrected chi connectivity index (χ0v) is 38.4. The molecule has 3 amide bonds. The summed E-state index contributed by atoms with van der Waals surface area (Å²) >= 11 is 0. The van der Waals surface area contributed by atoms with Crippen LogP contribution in [0.2, 0.25) is 0 Å². The van der Waals surface area contributed by atoms with Crippen molar-refractivity contribution >= 4 is 29.0 Å². The Kier molecular flexibility index (Phi) is 17.3. The van der Waals surface area contributed by atoms with E-state index < -0.39 is 12.1 Å². The van der Waals surface area contributed by atoms with Crippen molar-refractivity contribution in [3.8, 4) is 29.1 Å². The van der Waals surface area contributed by atoms with Crippen LogP contribution < -0.4 is 25.4 Å². The highest BCUT2D eigenvalue weighted by Gasteiger charge is 2.30. The van der Waals surface area contributed by atoms with Crippen molar-refractivity contribution in [1.82, 2.24) is 0 Å². The van der Waals surface area contributed by atoms with Crippen molar-refractivity contribution in [3.63, 3.8) is 0 Å². The number of carbonyl (C=O) groups excluding carboxylic acids is 2. The van der Waals surface area contributed by atoms with Gasteiger partial charge in [0.15, 0.2) is 11.9 Å². The lowest BCUT2D eigenvalue weighted by Crippen LogP contribution is -2.34. The van der Waals surface area contributed by atoms with Gasteiger partial charge in [0.25, 0.3) is 5.91 Å². The summed E-state index contributed by atoms with van der Waals surface area (Å²) in [6.07, 6.45) is 9.96. The number of nitrogens with one attached hydrogen (secondary N) is 3. The van der Waals surface area contributed by atoms with Crippen LogP contribution in [0.3, 0.4) is 0 Å². The molecule has 0 aliphatic heterocycles. The summed E-state index contributed by atoms with van der Waals surface area (Å²) in [5, 5.41) is 28.9. The molecular weight excluding hydrogens is 761 g/mol. The van der Waals surface area contributed by atoms with Crippen LogP contribution in [-0.4, -0.2) is 23.1 Å². The van der Waals surface area contributed by atoms with E-state index in [1.807, 2.05) is 18.2 Å². The lowest BCUT2D eigenvalue weighted by atomic mass is 9.76. The molecule has 4 N–H and O–H groups in total. The average Bonchev–Trinajstić information content (AvgIpc) is 3.23. The minimum Gasteiger partial charge on any atom is -0.506 e. The van der Waals surface area contributed by atoms with Gasteiger partial charge in [0, 0.05) is 23.4 Å². The minimum atomic E-state index is -0.839. The van der Waals surface area contributed by atoms with Gasteiger partial charge in [-0.2, -0.15) is 5.26 Å². The van der Waals surface area contributed by atoms with Gasteiger partial charge in [-0.05, 0) is 102 Å². The second-order valence-corrected chi connectivity index (χ2v) is 18.2. The molecule has 1 unspecified atom stereocenters. The normalized spacial score (nSPS) is 12.3. The van der Waals surface area contributed by atoms with Crippen molar-refractivity contribution in [3.05, 3.63) is 101 Å². The third kappa shape index (κ3) is 13.5. The first-order valence-electron chi connectivity index (χ1n) is 22.3. The summed E-state index contributed by atoms with van der Waals surface area (Å²) < 4.78 is 13.2. The molecule has 1 atom stereocenters. The molecule has 0 radical (unpaired) electrons. The van der Waals surface area contributed by atoms with Crippen LogP contribution in [0.5, 0.6) is 23.0 Å². The Balaban J connectivity index is 1.71. The molecule has 9 heteroatoms. The summed E-state index contributed by atoms with van der Waals surface area (Å²) in [7, 11) is 0. The quantitative estimate of drug-likeness (QED) is 0.0460. The van der Waals surface area contributed by atoms with Crippen molar-refractivity contribution in [1.29, 1.82) is 5.26 Å². The fraction of sp³-hybridized carbons (Fsp3) is 0.481.